The lowest BCUT2D eigenvalue weighted by molar-refractivity contribution is -0.151. The summed E-state index contributed by atoms with van der Waals surface area (Å²) in [6, 6.07) is 8.31. The number of anilines is 1. The summed E-state index contributed by atoms with van der Waals surface area (Å²) >= 11 is 6.25. The van der Waals surface area contributed by atoms with Gasteiger partial charge in [0, 0.05) is 30.9 Å². The van der Waals surface area contributed by atoms with Crippen LogP contribution < -0.4 is 14.8 Å². The summed E-state index contributed by atoms with van der Waals surface area (Å²) < 4.78 is 74.8. The van der Waals surface area contributed by atoms with Crippen molar-refractivity contribution in [2.75, 3.05) is 18.5 Å². The largest absolute Gasteiger partial charge is 0.477 e. The summed E-state index contributed by atoms with van der Waals surface area (Å²) in [5.41, 5.74) is -0.663. The third-order valence-electron chi connectivity index (χ3n) is 9.39. The first-order valence-corrected chi connectivity index (χ1v) is 18.8. The van der Waals surface area contributed by atoms with Gasteiger partial charge in [-0.15, -0.1) is 10.2 Å². The molecule has 17 nitrogen and oxygen atoms in total. The van der Waals surface area contributed by atoms with Gasteiger partial charge in [0.2, 0.25) is 5.88 Å². The van der Waals surface area contributed by atoms with Gasteiger partial charge >= 0.3 is 12.3 Å². The van der Waals surface area contributed by atoms with E-state index >= 15 is 0 Å². The summed E-state index contributed by atoms with van der Waals surface area (Å²) in [5.74, 6) is -1.61. The predicted octanol–water partition coefficient (Wildman–Crippen LogP) is 4.56. The van der Waals surface area contributed by atoms with Crippen LogP contribution in [-0.4, -0.2) is 95.2 Å². The fourth-order valence-electron chi connectivity index (χ4n) is 6.55. The summed E-state index contributed by atoms with van der Waals surface area (Å²) in [6.45, 7) is 4.97. The number of sulfonamides is 1. The molecule has 0 aromatic carbocycles. The van der Waals surface area contributed by atoms with Gasteiger partial charge < -0.3 is 20.1 Å². The second-order valence-corrected chi connectivity index (χ2v) is 15.8. The molecule has 3 N–H and O–H groups in total. The van der Waals surface area contributed by atoms with E-state index in [1.54, 1.807) is 4.68 Å². The summed E-state index contributed by atoms with van der Waals surface area (Å²) in [5, 5.41) is 27.7. The molecule has 4 aromatic rings. The number of alkyl halides is 3. The molecule has 54 heavy (non-hydrogen) atoms. The molecule has 2 amide bonds. The number of likely N-dealkylation sites (tertiary alicyclic amines) is 1. The van der Waals surface area contributed by atoms with E-state index in [4.69, 9.17) is 16.3 Å². The molecule has 1 saturated heterocycles. The van der Waals surface area contributed by atoms with Crippen LogP contribution in [0, 0.1) is 17.8 Å². The average Bonchev–Trinajstić information content (AvgIpc) is 3.37. The first-order chi connectivity index (χ1) is 25.5. The summed E-state index contributed by atoms with van der Waals surface area (Å²) in [7, 11) is -4.47. The van der Waals surface area contributed by atoms with Crippen molar-refractivity contribution >= 4 is 39.4 Å². The van der Waals surface area contributed by atoms with E-state index in [0.29, 0.717) is 18.9 Å². The molecule has 2 aliphatic rings. The van der Waals surface area contributed by atoms with Crippen molar-refractivity contribution in [2.45, 2.75) is 75.8 Å². The molecule has 290 valence electrons. The zero-order chi connectivity index (χ0) is 38.8. The Balaban J connectivity index is 0.996. The third-order valence-corrected chi connectivity index (χ3v) is 10.9. The number of rotatable bonds is 15. The average molecular weight is 796 g/mol. The van der Waals surface area contributed by atoms with E-state index < -0.39 is 50.6 Å². The zero-order valence-corrected chi connectivity index (χ0v) is 30.6. The van der Waals surface area contributed by atoms with E-state index in [1.165, 1.54) is 52.2 Å². The van der Waals surface area contributed by atoms with E-state index in [1.807, 2.05) is 18.6 Å². The monoisotopic (exact) mass is 795 g/mol. The number of carboxylic acid groups (broad SMARTS) is 1. The quantitative estimate of drug-likeness (QED) is 0.141. The Morgan fingerprint density at radius 2 is 1.93 bits per heavy atom. The van der Waals surface area contributed by atoms with Crippen molar-refractivity contribution < 1.29 is 41.0 Å². The smallest absolute Gasteiger partial charge is 0.407 e. The molecule has 2 fully saturated rings. The van der Waals surface area contributed by atoms with Crippen molar-refractivity contribution in [1.29, 1.82) is 0 Å². The highest BCUT2D eigenvalue weighted by Crippen LogP contribution is 2.51. The van der Waals surface area contributed by atoms with Crippen LogP contribution in [0.3, 0.4) is 0 Å². The van der Waals surface area contributed by atoms with Crippen LogP contribution in [0.1, 0.15) is 62.1 Å². The molecule has 5 heterocycles. The molecule has 1 saturated carbocycles. The minimum absolute atomic E-state index is 0.0581. The van der Waals surface area contributed by atoms with Crippen LogP contribution >= 0.6 is 11.6 Å². The first-order valence-electron chi connectivity index (χ1n) is 17.0. The molecule has 22 heteroatoms. The van der Waals surface area contributed by atoms with Gasteiger partial charge in [-0.05, 0) is 92.5 Å². The number of aromatic nitrogens is 8. The Labute approximate surface area is 312 Å². The normalized spacial score (nSPS) is 19.4. The Bertz CT molecular complexity index is 2110. The maximum absolute atomic E-state index is 13.1. The molecule has 3 atom stereocenters. The lowest BCUT2D eigenvalue weighted by Gasteiger charge is -2.28. The van der Waals surface area contributed by atoms with E-state index in [9.17, 15) is 36.3 Å². The standard InChI is InChI=1S/C32H37ClF3N11O6S/c1-31(2)16-19(18-45(31)30(49)50)5-4-12-47-25(40-43-44-47)17-37-23-6-3-7-27(38-23)54(51,52)42-29(48)21-8-9-24(39-28(21)33)46-13-10-26(41-46)53-14-11-20-15-22(20)32(34,35)36/h3,6-10,13,19-20,22H,4-5,11-12,14-18H2,1-2H3,(H,37,38)(H,42,48)(H,49,50)/t19-,20?,22?/m0/s1. The number of amides is 2. The number of nitrogens with one attached hydrogen (secondary N) is 2. The highest BCUT2D eigenvalue weighted by atomic mass is 35.5. The molecule has 4 aromatic heterocycles. The van der Waals surface area contributed by atoms with Crippen LogP contribution in [0.2, 0.25) is 5.15 Å². The maximum Gasteiger partial charge on any atom is 0.407 e. The van der Waals surface area contributed by atoms with E-state index in [-0.39, 0.29) is 60.1 Å². The number of aryl methyl sites for hydroxylation is 1. The highest BCUT2D eigenvalue weighted by Gasteiger charge is 2.55. The SMILES string of the molecule is CC1(C)C[C@H](CCCn2nnnc2CNc2cccc(S(=O)(=O)NC(=O)c3ccc(-n4ccc(OCCC5CC5C(F)(F)F)n4)nc3Cl)n2)CN1C(=O)O. The van der Waals surface area contributed by atoms with Crippen molar-refractivity contribution in [2.24, 2.45) is 17.8 Å². The molecule has 0 bridgehead atoms. The van der Waals surface area contributed by atoms with Crippen molar-refractivity contribution in [3.63, 3.8) is 0 Å². The number of ether oxygens (including phenoxy) is 1. The van der Waals surface area contributed by atoms with Gasteiger partial charge in [-0.25, -0.2) is 28.8 Å². The van der Waals surface area contributed by atoms with Gasteiger partial charge in [0.15, 0.2) is 16.7 Å². The van der Waals surface area contributed by atoms with Gasteiger partial charge in [0.1, 0.15) is 11.0 Å². The third kappa shape index (κ3) is 9.17. The number of hydrogen-bond acceptors (Lipinski definition) is 12. The fourth-order valence-corrected chi connectivity index (χ4v) is 7.72. The first kappa shape index (κ1) is 38.7. The Hall–Kier alpha value is -5.05. The second-order valence-electron chi connectivity index (χ2n) is 13.8. The van der Waals surface area contributed by atoms with E-state index in [0.717, 1.165) is 19.3 Å². The summed E-state index contributed by atoms with van der Waals surface area (Å²) in [4.78, 5) is 34.3. The summed E-state index contributed by atoms with van der Waals surface area (Å²) in [6.07, 6.45) is -1.02. The van der Waals surface area contributed by atoms with Gasteiger partial charge in [0.25, 0.3) is 15.9 Å². The van der Waals surface area contributed by atoms with Crippen LogP contribution in [0.5, 0.6) is 5.88 Å². The van der Waals surface area contributed by atoms with Gasteiger partial charge in [-0.1, -0.05) is 17.7 Å². The van der Waals surface area contributed by atoms with Crippen molar-refractivity contribution in [3.05, 3.63) is 59.1 Å². The van der Waals surface area contributed by atoms with Crippen LogP contribution in [-0.2, 0) is 23.1 Å². The Kier molecular flexibility index (Phi) is 11.0. The minimum atomic E-state index is -4.47. The fraction of sp³-hybridized carbons (Fsp3) is 0.500. The maximum atomic E-state index is 13.1. The lowest BCUT2D eigenvalue weighted by atomic mass is 9.93. The lowest BCUT2D eigenvalue weighted by Crippen LogP contribution is -2.41. The molecule has 0 radical (unpaired) electrons. The van der Waals surface area contributed by atoms with Gasteiger partial charge in [0.05, 0.1) is 24.6 Å². The molecule has 6 rings (SSSR count). The van der Waals surface area contributed by atoms with Gasteiger partial charge in [-0.3, -0.25) is 4.79 Å². The number of carbonyl (C=O) groups excluding carboxylic acids is 1. The van der Waals surface area contributed by atoms with Crippen LogP contribution in [0.25, 0.3) is 5.82 Å². The molecule has 2 unspecified atom stereocenters. The minimum Gasteiger partial charge on any atom is -0.477 e. The predicted molar refractivity (Wildman–Crippen MR) is 184 cm³/mol. The molecular weight excluding hydrogens is 759 g/mol. The van der Waals surface area contributed by atoms with Crippen molar-refractivity contribution in [1.82, 2.24) is 49.6 Å². The number of pyridine rings is 2. The van der Waals surface area contributed by atoms with E-state index in [2.05, 4.69) is 35.9 Å². The van der Waals surface area contributed by atoms with Gasteiger partial charge in [-0.2, -0.15) is 21.6 Å². The molecule has 1 aliphatic carbocycles. The van der Waals surface area contributed by atoms with Crippen molar-refractivity contribution in [3.8, 4) is 11.7 Å². The zero-order valence-electron chi connectivity index (χ0n) is 29.1. The molecule has 1 aliphatic heterocycles. The Morgan fingerprint density at radius 3 is 2.63 bits per heavy atom. The van der Waals surface area contributed by atoms with Crippen LogP contribution in [0.4, 0.5) is 23.8 Å². The number of hydrogen-bond donors (Lipinski definition) is 3. The Morgan fingerprint density at radius 1 is 1.13 bits per heavy atom. The van der Waals surface area contributed by atoms with Crippen LogP contribution in [0.15, 0.2) is 47.6 Å². The second kappa shape index (κ2) is 15.4. The molecular formula is C32H37ClF3N11O6S. The number of halogens is 4. The topological polar surface area (TPSA) is 212 Å². The number of nitrogens with zero attached hydrogens (tertiary/aromatic N) is 9. The molecule has 0 spiro atoms. The number of carbonyl (C=O) groups is 2. The highest BCUT2D eigenvalue weighted by molar-refractivity contribution is 7.90. The number of tetrazole rings is 1.